The summed E-state index contributed by atoms with van der Waals surface area (Å²) in [7, 11) is 1.50. The van der Waals surface area contributed by atoms with E-state index in [0.717, 1.165) is 0 Å². The van der Waals surface area contributed by atoms with Crippen LogP contribution in [0.5, 0.6) is 5.88 Å². The zero-order valence-electron chi connectivity index (χ0n) is 9.70. The maximum absolute atomic E-state index is 10.7. The molecule has 0 saturated carbocycles. The van der Waals surface area contributed by atoms with Gasteiger partial charge in [0.15, 0.2) is 6.10 Å². The van der Waals surface area contributed by atoms with Crippen molar-refractivity contribution in [2.45, 2.75) is 12.5 Å². The van der Waals surface area contributed by atoms with E-state index in [1.165, 1.54) is 7.11 Å². The van der Waals surface area contributed by atoms with Gasteiger partial charge in [0.1, 0.15) is 0 Å². The predicted molar refractivity (Wildman–Crippen MR) is 63.4 cm³/mol. The minimum Gasteiger partial charge on any atom is -0.481 e. The van der Waals surface area contributed by atoms with Crippen molar-refractivity contribution in [3.8, 4) is 5.88 Å². The number of ether oxygens (including phenoxy) is 1. The zero-order valence-corrected chi connectivity index (χ0v) is 9.70. The van der Waals surface area contributed by atoms with Crippen molar-refractivity contribution in [1.29, 1.82) is 0 Å². The lowest BCUT2D eigenvalue weighted by Gasteiger charge is -2.08. The van der Waals surface area contributed by atoms with Crippen LogP contribution < -0.4 is 4.74 Å². The molecule has 18 heavy (non-hydrogen) atoms. The van der Waals surface area contributed by atoms with Crippen LogP contribution in [-0.4, -0.2) is 39.4 Å². The van der Waals surface area contributed by atoms with E-state index >= 15 is 0 Å². The first-order chi connectivity index (χ1) is 8.61. The molecule has 0 fully saturated rings. The first-order valence-corrected chi connectivity index (χ1v) is 5.31. The summed E-state index contributed by atoms with van der Waals surface area (Å²) < 4.78 is 5.01. The molecule has 0 saturated heterocycles. The lowest BCUT2D eigenvalue weighted by Crippen LogP contribution is -2.22. The number of fused-ring (bicyclic) bond motifs is 1. The fourth-order valence-electron chi connectivity index (χ4n) is 1.63. The van der Waals surface area contributed by atoms with E-state index in [2.05, 4.69) is 9.97 Å². The molecule has 1 unspecified atom stereocenters. The molecular formula is C12H12N2O4. The molecule has 0 aliphatic rings. The maximum atomic E-state index is 10.7. The van der Waals surface area contributed by atoms with Crippen molar-refractivity contribution in [2.24, 2.45) is 0 Å². The summed E-state index contributed by atoms with van der Waals surface area (Å²) in [6.07, 6.45) is 0.0816. The Morgan fingerprint density at radius 2 is 2.22 bits per heavy atom. The molecule has 0 bridgehead atoms. The van der Waals surface area contributed by atoms with Crippen LogP contribution in [0.1, 0.15) is 5.56 Å². The number of aliphatic hydroxyl groups is 1. The van der Waals surface area contributed by atoms with Gasteiger partial charge in [0.05, 0.1) is 18.1 Å². The standard InChI is InChI=1S/C12H12N2O4/c1-18-10-3-2-8-11(14-10)7(4-5-13-8)6-9(15)12(16)17/h2-5,9,15H,6H2,1H3,(H,16,17). The molecule has 6 nitrogen and oxygen atoms in total. The summed E-state index contributed by atoms with van der Waals surface area (Å²) in [5.74, 6) is -0.843. The monoisotopic (exact) mass is 248 g/mol. The predicted octanol–water partition coefficient (Wildman–Crippen LogP) is 0.626. The van der Waals surface area contributed by atoms with E-state index in [4.69, 9.17) is 9.84 Å². The van der Waals surface area contributed by atoms with Crippen LogP contribution in [-0.2, 0) is 11.2 Å². The smallest absolute Gasteiger partial charge is 0.332 e. The van der Waals surface area contributed by atoms with Gasteiger partial charge in [-0.2, -0.15) is 0 Å². The number of carbonyl (C=O) groups is 1. The molecule has 6 heteroatoms. The Labute approximate surface area is 103 Å². The highest BCUT2D eigenvalue weighted by Crippen LogP contribution is 2.19. The molecule has 0 aromatic carbocycles. The maximum Gasteiger partial charge on any atom is 0.332 e. The molecule has 94 valence electrons. The molecular weight excluding hydrogens is 236 g/mol. The fraction of sp³-hybridized carbons (Fsp3) is 0.250. The fourth-order valence-corrected chi connectivity index (χ4v) is 1.63. The molecule has 0 aliphatic heterocycles. The Hall–Kier alpha value is -2.21. The normalized spacial score (nSPS) is 12.3. The number of carboxylic acids is 1. The third kappa shape index (κ3) is 2.38. The second-order valence-corrected chi connectivity index (χ2v) is 3.75. The van der Waals surface area contributed by atoms with Gasteiger partial charge >= 0.3 is 5.97 Å². The SMILES string of the molecule is COc1ccc2nccc(CC(O)C(=O)O)c2n1. The molecule has 2 rings (SSSR count). The summed E-state index contributed by atoms with van der Waals surface area (Å²) in [6, 6.07) is 5.05. The zero-order chi connectivity index (χ0) is 13.1. The number of aliphatic carboxylic acids is 1. The number of carboxylic acid groups (broad SMARTS) is 1. The summed E-state index contributed by atoms with van der Waals surface area (Å²) in [6.45, 7) is 0. The first-order valence-electron chi connectivity index (χ1n) is 5.31. The third-order valence-corrected chi connectivity index (χ3v) is 2.55. The Morgan fingerprint density at radius 3 is 2.89 bits per heavy atom. The molecule has 0 aliphatic carbocycles. The van der Waals surface area contributed by atoms with E-state index in [-0.39, 0.29) is 6.42 Å². The van der Waals surface area contributed by atoms with E-state index in [1.54, 1.807) is 24.4 Å². The van der Waals surface area contributed by atoms with E-state index in [1.807, 2.05) is 0 Å². The van der Waals surface area contributed by atoms with Gasteiger partial charge in [-0.15, -0.1) is 0 Å². The molecule has 0 spiro atoms. The first kappa shape index (κ1) is 12.3. The van der Waals surface area contributed by atoms with Crippen LogP contribution in [0.25, 0.3) is 11.0 Å². The van der Waals surface area contributed by atoms with Crippen molar-refractivity contribution in [2.75, 3.05) is 7.11 Å². The Kier molecular flexibility index (Phi) is 3.38. The number of aliphatic hydroxyl groups excluding tert-OH is 1. The summed E-state index contributed by atoms with van der Waals surface area (Å²) in [5.41, 5.74) is 1.79. The van der Waals surface area contributed by atoms with Crippen molar-refractivity contribution in [3.63, 3.8) is 0 Å². The second-order valence-electron chi connectivity index (χ2n) is 3.75. The number of rotatable bonds is 4. The van der Waals surface area contributed by atoms with Crippen LogP contribution in [0.3, 0.4) is 0 Å². The Morgan fingerprint density at radius 1 is 1.44 bits per heavy atom. The van der Waals surface area contributed by atoms with Gasteiger partial charge in [0.2, 0.25) is 5.88 Å². The second kappa shape index (κ2) is 4.97. The number of nitrogens with zero attached hydrogens (tertiary/aromatic N) is 2. The highest BCUT2D eigenvalue weighted by atomic mass is 16.5. The van der Waals surface area contributed by atoms with Crippen molar-refractivity contribution in [3.05, 3.63) is 30.0 Å². The number of methoxy groups -OCH3 is 1. The minimum atomic E-state index is -1.45. The quantitative estimate of drug-likeness (QED) is 0.824. The van der Waals surface area contributed by atoms with Crippen LogP contribution >= 0.6 is 0 Å². The van der Waals surface area contributed by atoms with Gasteiger partial charge in [-0.1, -0.05) is 0 Å². The van der Waals surface area contributed by atoms with Gasteiger partial charge in [-0.3, -0.25) is 4.98 Å². The highest BCUT2D eigenvalue weighted by Gasteiger charge is 2.16. The average Bonchev–Trinajstić information content (AvgIpc) is 2.38. The van der Waals surface area contributed by atoms with Gasteiger partial charge in [0.25, 0.3) is 0 Å². The van der Waals surface area contributed by atoms with Gasteiger partial charge in [-0.05, 0) is 17.7 Å². The number of hydrogen-bond donors (Lipinski definition) is 2. The van der Waals surface area contributed by atoms with Crippen LogP contribution in [0.4, 0.5) is 0 Å². The molecule has 2 aromatic rings. The van der Waals surface area contributed by atoms with Crippen molar-refractivity contribution in [1.82, 2.24) is 9.97 Å². The van der Waals surface area contributed by atoms with Gasteiger partial charge < -0.3 is 14.9 Å². The largest absolute Gasteiger partial charge is 0.481 e. The topological polar surface area (TPSA) is 92.5 Å². The molecule has 2 aromatic heterocycles. The molecule has 0 radical (unpaired) electrons. The highest BCUT2D eigenvalue weighted by molar-refractivity contribution is 5.79. The van der Waals surface area contributed by atoms with E-state index in [9.17, 15) is 9.90 Å². The van der Waals surface area contributed by atoms with Gasteiger partial charge in [-0.25, -0.2) is 9.78 Å². The molecule has 2 N–H and O–H groups in total. The summed E-state index contributed by atoms with van der Waals surface area (Å²) in [5, 5.41) is 18.1. The number of hydrogen-bond acceptors (Lipinski definition) is 5. The van der Waals surface area contributed by atoms with E-state index < -0.39 is 12.1 Å². The summed E-state index contributed by atoms with van der Waals surface area (Å²) in [4.78, 5) is 19.0. The molecule has 1 atom stereocenters. The lowest BCUT2D eigenvalue weighted by atomic mass is 10.1. The van der Waals surface area contributed by atoms with Crippen LogP contribution in [0.2, 0.25) is 0 Å². The number of pyridine rings is 2. The van der Waals surface area contributed by atoms with Crippen molar-refractivity contribution < 1.29 is 19.7 Å². The minimum absolute atomic E-state index is 0.0193. The third-order valence-electron chi connectivity index (χ3n) is 2.55. The Balaban J connectivity index is 2.46. The molecule has 0 amide bonds. The van der Waals surface area contributed by atoms with Crippen LogP contribution in [0.15, 0.2) is 24.4 Å². The van der Waals surface area contributed by atoms with Crippen LogP contribution in [0, 0.1) is 0 Å². The van der Waals surface area contributed by atoms with E-state index in [0.29, 0.717) is 22.5 Å². The average molecular weight is 248 g/mol. The Bertz CT molecular complexity index is 585. The molecule has 2 heterocycles. The summed E-state index contributed by atoms with van der Waals surface area (Å²) >= 11 is 0. The van der Waals surface area contributed by atoms with Gasteiger partial charge in [0, 0.05) is 18.7 Å². The van der Waals surface area contributed by atoms with Crippen molar-refractivity contribution >= 4 is 17.0 Å². The number of aromatic nitrogens is 2. The lowest BCUT2D eigenvalue weighted by molar-refractivity contribution is -0.146.